The third-order valence-corrected chi connectivity index (χ3v) is 5.00. The zero-order chi connectivity index (χ0) is 20.7. The molecule has 0 aromatic heterocycles. The van der Waals surface area contributed by atoms with Crippen LogP contribution in [0.4, 0.5) is 0 Å². The molecule has 2 unspecified atom stereocenters. The van der Waals surface area contributed by atoms with Gasteiger partial charge in [0.2, 0.25) is 5.79 Å². The first-order valence-corrected chi connectivity index (χ1v) is 8.37. The summed E-state index contributed by atoms with van der Waals surface area (Å²) in [6.07, 6.45) is -15.1. The zero-order valence-electron chi connectivity index (χ0n) is 14.1. The van der Waals surface area contributed by atoms with Crippen molar-refractivity contribution < 1.29 is 59.9 Å². The predicted octanol–water partition coefficient (Wildman–Crippen LogP) is -4.87. The molecular formula is C14H23ClO12. The van der Waals surface area contributed by atoms with Crippen LogP contribution in [0.1, 0.15) is 6.92 Å². The van der Waals surface area contributed by atoms with Gasteiger partial charge in [-0.3, -0.25) is 9.53 Å². The third-order valence-electron chi connectivity index (χ3n) is 4.61. The number of ether oxygens (including phenoxy) is 3. The maximum atomic E-state index is 11.4. The van der Waals surface area contributed by atoms with Gasteiger partial charge in [0.15, 0.2) is 11.9 Å². The van der Waals surface area contributed by atoms with Gasteiger partial charge < -0.3 is 50.3 Å². The monoisotopic (exact) mass is 418 g/mol. The molecule has 158 valence electrons. The van der Waals surface area contributed by atoms with Crippen LogP contribution in [0.2, 0.25) is 0 Å². The number of carbonyl (C=O) groups is 1. The van der Waals surface area contributed by atoms with Crippen molar-refractivity contribution in [2.75, 3.05) is 13.2 Å². The van der Waals surface area contributed by atoms with Gasteiger partial charge >= 0.3 is 0 Å². The van der Waals surface area contributed by atoms with Gasteiger partial charge in [0.05, 0.1) is 6.61 Å². The molecule has 10 atom stereocenters. The fourth-order valence-electron chi connectivity index (χ4n) is 2.96. The molecule has 0 saturated carbocycles. The van der Waals surface area contributed by atoms with Crippen molar-refractivity contribution in [1.29, 1.82) is 0 Å². The van der Waals surface area contributed by atoms with Crippen LogP contribution in [-0.4, -0.2) is 120 Å². The predicted molar refractivity (Wildman–Crippen MR) is 83.0 cm³/mol. The average Bonchev–Trinajstić information content (AvgIpc) is 2.87. The summed E-state index contributed by atoms with van der Waals surface area (Å²) in [6, 6.07) is 0. The van der Waals surface area contributed by atoms with E-state index in [1.54, 1.807) is 0 Å². The zero-order valence-corrected chi connectivity index (χ0v) is 14.9. The minimum absolute atomic E-state index is 0.769. The molecule has 2 heterocycles. The van der Waals surface area contributed by atoms with E-state index in [-0.39, 0.29) is 0 Å². The average molecular weight is 419 g/mol. The quantitative estimate of drug-likeness (QED) is 0.191. The number of hydrogen-bond donors (Lipinski definition) is 8. The fraction of sp³-hybridized carbons (Fsp3) is 0.929. The molecule has 2 rings (SSSR count). The molecule has 27 heavy (non-hydrogen) atoms. The highest BCUT2D eigenvalue weighted by molar-refractivity contribution is 6.22. The molecule has 2 aliphatic rings. The SMILES string of the molecule is CC(=O)C(O)[C@H]1O[C@@](Cl)(OC2(CO)O[C@H](CO)[C@@H](O)[C@@H]2O)[C@H](O)[C@@H](O)[C@@H]1O. The summed E-state index contributed by atoms with van der Waals surface area (Å²) < 4.78 is 15.4. The van der Waals surface area contributed by atoms with Gasteiger partial charge in [0.1, 0.15) is 49.3 Å². The molecule has 8 N–H and O–H groups in total. The second-order valence-electron chi connectivity index (χ2n) is 6.49. The van der Waals surface area contributed by atoms with Crippen LogP contribution in [0.15, 0.2) is 0 Å². The third kappa shape index (κ3) is 3.85. The van der Waals surface area contributed by atoms with E-state index in [0.29, 0.717) is 0 Å². The van der Waals surface area contributed by atoms with Crippen LogP contribution in [0.3, 0.4) is 0 Å². The van der Waals surface area contributed by atoms with Crippen LogP contribution >= 0.6 is 11.6 Å². The molecule has 13 heteroatoms. The largest absolute Gasteiger partial charge is 0.394 e. The lowest BCUT2D eigenvalue weighted by Crippen LogP contribution is -2.68. The van der Waals surface area contributed by atoms with E-state index in [2.05, 4.69) is 0 Å². The first kappa shape index (κ1) is 22.8. The van der Waals surface area contributed by atoms with Crippen molar-refractivity contribution in [1.82, 2.24) is 0 Å². The molecule has 2 fully saturated rings. The molecule has 0 radical (unpaired) electrons. The van der Waals surface area contributed by atoms with Crippen molar-refractivity contribution in [3.05, 3.63) is 0 Å². The molecule has 0 aliphatic carbocycles. The van der Waals surface area contributed by atoms with Crippen molar-refractivity contribution >= 4 is 17.4 Å². The molecule has 0 aromatic carbocycles. The number of halogens is 1. The Hall–Kier alpha value is -0.480. The Bertz CT molecular complexity index is 550. The minimum Gasteiger partial charge on any atom is -0.394 e. The van der Waals surface area contributed by atoms with E-state index in [1.165, 1.54) is 0 Å². The van der Waals surface area contributed by atoms with E-state index in [9.17, 15) is 40.5 Å². The molecule has 2 saturated heterocycles. The molecule has 2 aliphatic heterocycles. The van der Waals surface area contributed by atoms with Crippen molar-refractivity contribution in [3.8, 4) is 0 Å². The highest BCUT2D eigenvalue weighted by Gasteiger charge is 2.64. The van der Waals surface area contributed by atoms with Gasteiger partial charge in [-0.25, -0.2) is 0 Å². The summed E-state index contributed by atoms with van der Waals surface area (Å²) in [4.78, 5) is 11.4. The molecular weight excluding hydrogens is 396 g/mol. The minimum atomic E-state index is -2.83. The number of aliphatic hydroxyl groups excluding tert-OH is 8. The topological polar surface area (TPSA) is 207 Å². The molecule has 0 aromatic rings. The second-order valence-corrected chi connectivity index (χ2v) is 7.02. The van der Waals surface area contributed by atoms with Gasteiger partial charge in [-0.05, 0) is 6.92 Å². The lowest BCUT2D eigenvalue weighted by atomic mass is 9.93. The molecule has 0 bridgehead atoms. The Labute approximate surface area is 158 Å². The number of hydrogen-bond acceptors (Lipinski definition) is 12. The number of carbonyl (C=O) groups excluding carboxylic acids is 1. The van der Waals surface area contributed by atoms with Gasteiger partial charge in [-0.15, -0.1) is 0 Å². The smallest absolute Gasteiger partial charge is 0.281 e. The number of aliphatic hydroxyl groups is 8. The van der Waals surface area contributed by atoms with E-state index < -0.39 is 78.9 Å². The maximum absolute atomic E-state index is 11.4. The van der Waals surface area contributed by atoms with Crippen LogP contribution in [-0.2, 0) is 19.0 Å². The summed E-state index contributed by atoms with van der Waals surface area (Å²) >= 11 is 6.05. The fourth-order valence-corrected chi connectivity index (χ4v) is 3.33. The Morgan fingerprint density at radius 2 is 1.67 bits per heavy atom. The van der Waals surface area contributed by atoms with E-state index in [4.69, 9.17) is 30.9 Å². The standard InChI is InChI=1S/C14H23ClO12/c1-4(18)6(19)10-8(21)9(22)12(24)14(15,26-10)27-13(3-17)11(23)7(20)5(2-16)25-13/h5-12,16-17,19-24H,2-3H2,1H3/t5-,6?,7-,8+,9+,10-,11+,12-,13?,14-/m1/s1. The lowest BCUT2D eigenvalue weighted by Gasteiger charge is -2.48. The Morgan fingerprint density at radius 3 is 2.11 bits per heavy atom. The number of ketones is 1. The Kier molecular flexibility index (Phi) is 6.84. The van der Waals surface area contributed by atoms with Crippen LogP contribution in [0, 0.1) is 0 Å². The van der Waals surface area contributed by atoms with E-state index >= 15 is 0 Å². The summed E-state index contributed by atoms with van der Waals surface area (Å²) in [5.74, 6) is -3.35. The Balaban J connectivity index is 2.35. The van der Waals surface area contributed by atoms with Gasteiger partial charge in [0, 0.05) is 0 Å². The summed E-state index contributed by atoms with van der Waals surface area (Å²) in [5, 5.41) is 76.0. The molecule has 0 spiro atoms. The number of Topliss-reactive ketones (excluding diaryl/α,β-unsaturated/α-hetero) is 1. The normalized spacial score (nSPS) is 49.2. The van der Waals surface area contributed by atoms with Crippen molar-refractivity contribution in [2.24, 2.45) is 0 Å². The molecule has 0 amide bonds. The van der Waals surface area contributed by atoms with Crippen LogP contribution < -0.4 is 0 Å². The highest BCUT2D eigenvalue weighted by atomic mass is 35.5. The van der Waals surface area contributed by atoms with Crippen molar-refractivity contribution in [2.45, 2.75) is 66.8 Å². The second kappa shape index (κ2) is 8.10. The maximum Gasteiger partial charge on any atom is 0.281 e. The van der Waals surface area contributed by atoms with E-state index in [0.717, 1.165) is 6.92 Å². The molecule has 12 nitrogen and oxygen atoms in total. The summed E-state index contributed by atoms with van der Waals surface area (Å²) in [5.41, 5.74) is 0. The van der Waals surface area contributed by atoms with Crippen LogP contribution in [0.25, 0.3) is 0 Å². The number of alkyl halides is 1. The van der Waals surface area contributed by atoms with E-state index in [1.807, 2.05) is 0 Å². The first-order chi connectivity index (χ1) is 12.4. The van der Waals surface area contributed by atoms with Gasteiger partial charge in [0.25, 0.3) is 5.25 Å². The summed E-state index contributed by atoms with van der Waals surface area (Å²) in [7, 11) is 0. The Morgan fingerprint density at radius 1 is 1.07 bits per heavy atom. The summed E-state index contributed by atoms with van der Waals surface area (Å²) in [6.45, 7) is -0.934. The lowest BCUT2D eigenvalue weighted by molar-refractivity contribution is -0.405. The number of rotatable bonds is 6. The highest BCUT2D eigenvalue weighted by Crippen LogP contribution is 2.43. The van der Waals surface area contributed by atoms with Gasteiger partial charge in [-0.1, -0.05) is 11.6 Å². The van der Waals surface area contributed by atoms with Gasteiger partial charge in [-0.2, -0.15) is 0 Å². The first-order valence-electron chi connectivity index (χ1n) is 7.99. The van der Waals surface area contributed by atoms with Crippen LogP contribution in [0.5, 0.6) is 0 Å². The van der Waals surface area contributed by atoms with Crippen molar-refractivity contribution in [3.63, 3.8) is 0 Å².